The van der Waals surface area contributed by atoms with Gasteiger partial charge in [0, 0.05) is 18.8 Å². The van der Waals surface area contributed by atoms with E-state index in [0.29, 0.717) is 18.3 Å². The summed E-state index contributed by atoms with van der Waals surface area (Å²) in [5, 5.41) is 0.454. The summed E-state index contributed by atoms with van der Waals surface area (Å²) in [4.78, 5) is 0. The van der Waals surface area contributed by atoms with Crippen LogP contribution in [-0.2, 0) is 14.2 Å². The minimum Gasteiger partial charge on any atom is -0.472 e. The van der Waals surface area contributed by atoms with Crippen LogP contribution in [0.1, 0.15) is 33.3 Å². The van der Waals surface area contributed by atoms with Gasteiger partial charge in [-0.2, -0.15) is 0 Å². The summed E-state index contributed by atoms with van der Waals surface area (Å²) in [7, 11) is 0. The van der Waals surface area contributed by atoms with Crippen molar-refractivity contribution in [3.63, 3.8) is 0 Å². The van der Waals surface area contributed by atoms with Crippen LogP contribution < -0.4 is 0 Å². The summed E-state index contributed by atoms with van der Waals surface area (Å²) in [6.45, 7) is 8.82. The second kappa shape index (κ2) is 7.58. The molecule has 0 atom stereocenters. The zero-order valence-corrected chi connectivity index (χ0v) is 12.8. The number of thiocarbonyl (C=S) groups is 1. The fourth-order valence-corrected chi connectivity index (χ4v) is 2.02. The number of rotatable bonds is 7. The molecule has 4 heteroatoms. The maximum atomic E-state index is 5.87. The maximum absolute atomic E-state index is 5.87. The molecular weight excluding hydrogens is 260 g/mol. The maximum Gasteiger partial charge on any atom is 0.197 e. The summed E-state index contributed by atoms with van der Waals surface area (Å²) < 4.78 is 17.0. The van der Waals surface area contributed by atoms with Gasteiger partial charge in [-0.1, -0.05) is 30.3 Å². The van der Waals surface area contributed by atoms with Gasteiger partial charge in [0.1, 0.15) is 0 Å². The largest absolute Gasteiger partial charge is 0.472 e. The SMILES string of the molecule is CCOC(OCC)C(C)(C)OC(=S)c1ccccc1. The molecular formula is C15H22O3S. The lowest BCUT2D eigenvalue weighted by atomic mass is 10.1. The molecule has 0 N–H and O–H groups in total. The van der Waals surface area contributed by atoms with E-state index >= 15 is 0 Å². The van der Waals surface area contributed by atoms with Gasteiger partial charge in [-0.3, -0.25) is 0 Å². The predicted molar refractivity (Wildman–Crippen MR) is 80.3 cm³/mol. The molecule has 0 spiro atoms. The van der Waals surface area contributed by atoms with Gasteiger partial charge in [-0.15, -0.1) is 0 Å². The summed E-state index contributed by atoms with van der Waals surface area (Å²) in [5.74, 6) is 0. The lowest BCUT2D eigenvalue weighted by Crippen LogP contribution is -2.44. The Morgan fingerprint density at radius 1 is 1.11 bits per heavy atom. The Bertz CT molecular complexity index is 384. The Morgan fingerprint density at radius 3 is 2.11 bits per heavy atom. The predicted octanol–water partition coefficient (Wildman–Crippen LogP) is 3.56. The van der Waals surface area contributed by atoms with E-state index in [4.69, 9.17) is 26.4 Å². The summed E-state index contributed by atoms with van der Waals surface area (Å²) in [6.07, 6.45) is -0.441. The molecule has 106 valence electrons. The highest BCUT2D eigenvalue weighted by Crippen LogP contribution is 2.22. The van der Waals surface area contributed by atoms with E-state index in [1.54, 1.807) is 0 Å². The zero-order valence-electron chi connectivity index (χ0n) is 12.0. The van der Waals surface area contributed by atoms with Gasteiger partial charge in [0.2, 0.25) is 0 Å². The van der Waals surface area contributed by atoms with Crippen molar-refractivity contribution in [2.75, 3.05) is 13.2 Å². The highest BCUT2D eigenvalue weighted by molar-refractivity contribution is 7.80. The van der Waals surface area contributed by atoms with Crippen molar-refractivity contribution in [3.05, 3.63) is 35.9 Å². The topological polar surface area (TPSA) is 27.7 Å². The molecule has 0 aromatic heterocycles. The van der Waals surface area contributed by atoms with Crippen LogP contribution in [0.3, 0.4) is 0 Å². The molecule has 0 aliphatic rings. The molecule has 1 rings (SSSR count). The molecule has 0 fully saturated rings. The second-order valence-corrected chi connectivity index (χ2v) is 4.97. The van der Waals surface area contributed by atoms with Gasteiger partial charge in [-0.05, 0) is 39.9 Å². The van der Waals surface area contributed by atoms with Gasteiger partial charge in [0.25, 0.3) is 0 Å². The van der Waals surface area contributed by atoms with Crippen molar-refractivity contribution < 1.29 is 14.2 Å². The van der Waals surface area contributed by atoms with E-state index in [1.165, 1.54) is 0 Å². The molecule has 0 aliphatic carbocycles. The summed E-state index contributed by atoms with van der Waals surface area (Å²) in [5.41, 5.74) is 0.246. The molecule has 0 aliphatic heterocycles. The lowest BCUT2D eigenvalue weighted by Gasteiger charge is -2.34. The molecule has 3 nitrogen and oxygen atoms in total. The standard InChI is InChI=1S/C15H22O3S/c1-5-16-14(17-6-2)15(3,4)18-13(19)12-10-8-7-9-11-12/h7-11,14H,5-6H2,1-4H3. The van der Waals surface area contributed by atoms with Crippen molar-refractivity contribution in [2.45, 2.75) is 39.6 Å². The highest BCUT2D eigenvalue weighted by atomic mass is 32.1. The Balaban J connectivity index is 2.74. The fraction of sp³-hybridized carbons (Fsp3) is 0.533. The summed E-state index contributed by atoms with van der Waals surface area (Å²) >= 11 is 5.32. The van der Waals surface area contributed by atoms with Gasteiger partial charge >= 0.3 is 0 Å². The fourth-order valence-electron chi connectivity index (χ4n) is 1.67. The first-order valence-corrected chi connectivity index (χ1v) is 6.93. The molecule has 0 heterocycles. The normalized spacial score (nSPS) is 11.6. The number of benzene rings is 1. The van der Waals surface area contributed by atoms with Gasteiger partial charge in [0.15, 0.2) is 16.9 Å². The smallest absolute Gasteiger partial charge is 0.197 e. The quantitative estimate of drug-likeness (QED) is 0.564. The van der Waals surface area contributed by atoms with Crippen LogP contribution in [0.15, 0.2) is 30.3 Å². The number of ether oxygens (including phenoxy) is 3. The molecule has 0 amide bonds. The molecule has 1 aromatic rings. The van der Waals surface area contributed by atoms with E-state index in [-0.39, 0.29) is 0 Å². The van der Waals surface area contributed by atoms with Crippen molar-refractivity contribution in [1.29, 1.82) is 0 Å². The molecule has 1 aromatic carbocycles. The molecule has 0 unspecified atom stereocenters. The van der Waals surface area contributed by atoms with E-state index < -0.39 is 11.9 Å². The first kappa shape index (κ1) is 16.1. The van der Waals surface area contributed by atoms with Gasteiger partial charge in [0.05, 0.1) is 0 Å². The Labute approximate surface area is 120 Å². The van der Waals surface area contributed by atoms with Crippen LogP contribution in [0.25, 0.3) is 0 Å². The summed E-state index contributed by atoms with van der Waals surface area (Å²) in [6, 6.07) is 9.66. The van der Waals surface area contributed by atoms with E-state index in [1.807, 2.05) is 58.0 Å². The van der Waals surface area contributed by atoms with Gasteiger partial charge in [-0.25, -0.2) is 0 Å². The first-order chi connectivity index (χ1) is 9.01. The lowest BCUT2D eigenvalue weighted by molar-refractivity contribution is -0.216. The van der Waals surface area contributed by atoms with E-state index in [2.05, 4.69) is 0 Å². The molecule has 0 radical (unpaired) electrons. The number of hydrogen-bond acceptors (Lipinski definition) is 4. The average Bonchev–Trinajstić information content (AvgIpc) is 2.39. The van der Waals surface area contributed by atoms with Crippen molar-refractivity contribution in [1.82, 2.24) is 0 Å². The molecule has 0 saturated heterocycles. The van der Waals surface area contributed by atoms with Crippen molar-refractivity contribution >= 4 is 17.3 Å². The molecule has 19 heavy (non-hydrogen) atoms. The van der Waals surface area contributed by atoms with Crippen molar-refractivity contribution in [3.8, 4) is 0 Å². The van der Waals surface area contributed by atoms with E-state index in [0.717, 1.165) is 5.56 Å². The Morgan fingerprint density at radius 2 is 1.63 bits per heavy atom. The minimum absolute atomic E-state index is 0.441. The van der Waals surface area contributed by atoms with Crippen LogP contribution >= 0.6 is 12.2 Å². The Kier molecular flexibility index (Phi) is 6.42. The monoisotopic (exact) mass is 282 g/mol. The van der Waals surface area contributed by atoms with Gasteiger partial charge < -0.3 is 14.2 Å². The highest BCUT2D eigenvalue weighted by Gasteiger charge is 2.34. The van der Waals surface area contributed by atoms with Crippen LogP contribution in [0.2, 0.25) is 0 Å². The molecule has 0 saturated carbocycles. The average molecular weight is 282 g/mol. The second-order valence-electron chi connectivity index (χ2n) is 4.60. The van der Waals surface area contributed by atoms with Crippen LogP contribution in [0, 0.1) is 0 Å². The van der Waals surface area contributed by atoms with Crippen molar-refractivity contribution in [2.24, 2.45) is 0 Å². The minimum atomic E-state index is -0.640. The Hall–Kier alpha value is -0.970. The number of hydrogen-bond donors (Lipinski definition) is 0. The van der Waals surface area contributed by atoms with Crippen LogP contribution in [0.5, 0.6) is 0 Å². The molecule has 0 bridgehead atoms. The van der Waals surface area contributed by atoms with Crippen LogP contribution in [0.4, 0.5) is 0 Å². The zero-order chi connectivity index (χ0) is 14.3. The van der Waals surface area contributed by atoms with Crippen LogP contribution in [-0.4, -0.2) is 30.2 Å². The third-order valence-electron chi connectivity index (χ3n) is 2.57. The van der Waals surface area contributed by atoms with E-state index in [9.17, 15) is 0 Å². The first-order valence-electron chi connectivity index (χ1n) is 6.52. The third kappa shape index (κ3) is 4.90. The third-order valence-corrected chi connectivity index (χ3v) is 2.89.